The number of aryl methyl sites for hydroxylation is 1. The van der Waals surface area contributed by atoms with Crippen molar-refractivity contribution in [1.29, 1.82) is 5.26 Å². The largest absolute Gasteiger partial charge is 0.323 e. The first-order valence-corrected chi connectivity index (χ1v) is 5.70. The van der Waals surface area contributed by atoms with Crippen LogP contribution in [0.3, 0.4) is 0 Å². The van der Waals surface area contributed by atoms with E-state index in [2.05, 4.69) is 23.3 Å². The fourth-order valence-electron chi connectivity index (χ4n) is 2.33. The summed E-state index contributed by atoms with van der Waals surface area (Å²) in [6.45, 7) is 3.96. The first-order chi connectivity index (χ1) is 8.05. The Morgan fingerprint density at radius 2 is 2.29 bits per heavy atom. The summed E-state index contributed by atoms with van der Waals surface area (Å²) >= 11 is 0. The molecule has 0 atom stereocenters. The van der Waals surface area contributed by atoms with Crippen LogP contribution in [0.15, 0.2) is 18.5 Å². The zero-order chi connectivity index (χ0) is 12.5. The molecule has 0 saturated heterocycles. The minimum atomic E-state index is -0.830. The van der Waals surface area contributed by atoms with Gasteiger partial charge in [-0.1, -0.05) is 6.92 Å². The number of carbonyl (C=O) groups is 1. The Labute approximate surface area is 101 Å². The van der Waals surface area contributed by atoms with Gasteiger partial charge in [-0.05, 0) is 37.3 Å². The standard InChI is InChI=1S/C13H15N3O/c1-9-3-11(7-15-6-9)16-12(17)13(8-14)4-10(2)5-13/h3,6-7,10H,4-5H2,1-2H3,(H,16,17). The number of nitrogens with one attached hydrogen (secondary N) is 1. The molecule has 1 N–H and O–H groups in total. The lowest BCUT2D eigenvalue weighted by Crippen LogP contribution is -2.45. The monoisotopic (exact) mass is 229 g/mol. The van der Waals surface area contributed by atoms with Gasteiger partial charge in [0.05, 0.1) is 18.0 Å². The molecule has 0 radical (unpaired) electrons. The molecule has 0 aromatic carbocycles. The first kappa shape index (κ1) is 11.6. The van der Waals surface area contributed by atoms with Crippen LogP contribution in [0.1, 0.15) is 25.3 Å². The molecule has 88 valence electrons. The maximum Gasteiger partial charge on any atom is 0.244 e. The topological polar surface area (TPSA) is 65.8 Å². The van der Waals surface area contributed by atoms with E-state index in [0.717, 1.165) is 5.56 Å². The van der Waals surface area contributed by atoms with E-state index in [4.69, 9.17) is 5.26 Å². The number of amides is 1. The zero-order valence-electron chi connectivity index (χ0n) is 10.0. The van der Waals surface area contributed by atoms with Crippen molar-refractivity contribution >= 4 is 11.6 Å². The number of pyridine rings is 1. The summed E-state index contributed by atoms with van der Waals surface area (Å²) < 4.78 is 0. The van der Waals surface area contributed by atoms with E-state index in [1.165, 1.54) is 0 Å². The van der Waals surface area contributed by atoms with Crippen molar-refractivity contribution in [2.24, 2.45) is 11.3 Å². The number of hydrogen-bond donors (Lipinski definition) is 1. The number of carbonyl (C=O) groups excluding carboxylic acids is 1. The number of aromatic nitrogens is 1. The molecule has 1 aliphatic carbocycles. The summed E-state index contributed by atoms with van der Waals surface area (Å²) in [4.78, 5) is 16.0. The second kappa shape index (κ2) is 4.17. The Morgan fingerprint density at radius 1 is 1.59 bits per heavy atom. The van der Waals surface area contributed by atoms with Gasteiger partial charge in [-0.3, -0.25) is 9.78 Å². The summed E-state index contributed by atoms with van der Waals surface area (Å²) in [5.74, 6) is 0.251. The van der Waals surface area contributed by atoms with Crippen molar-refractivity contribution in [2.45, 2.75) is 26.7 Å². The summed E-state index contributed by atoms with van der Waals surface area (Å²) in [7, 11) is 0. The van der Waals surface area contributed by atoms with Gasteiger partial charge in [0.15, 0.2) is 0 Å². The second-order valence-electron chi connectivity index (χ2n) is 4.91. The average molecular weight is 229 g/mol. The molecule has 1 aromatic heterocycles. The molecule has 1 heterocycles. The Hall–Kier alpha value is -1.89. The van der Waals surface area contributed by atoms with E-state index in [9.17, 15) is 4.79 Å². The van der Waals surface area contributed by atoms with Crippen molar-refractivity contribution < 1.29 is 4.79 Å². The Balaban J connectivity index is 2.10. The number of anilines is 1. The fraction of sp³-hybridized carbons (Fsp3) is 0.462. The van der Waals surface area contributed by atoms with Gasteiger partial charge in [0.25, 0.3) is 0 Å². The van der Waals surface area contributed by atoms with E-state index in [0.29, 0.717) is 24.4 Å². The Kier molecular flexibility index (Phi) is 2.84. The van der Waals surface area contributed by atoms with Crippen LogP contribution in [0, 0.1) is 29.6 Å². The third-order valence-corrected chi connectivity index (χ3v) is 3.18. The van der Waals surface area contributed by atoms with Gasteiger partial charge in [0.2, 0.25) is 5.91 Å². The van der Waals surface area contributed by atoms with Crippen LogP contribution in [0.5, 0.6) is 0 Å². The predicted octanol–water partition coefficient (Wildman–Crippen LogP) is 2.27. The van der Waals surface area contributed by atoms with E-state index < -0.39 is 5.41 Å². The SMILES string of the molecule is Cc1cncc(NC(=O)C2(C#N)CC(C)C2)c1. The molecule has 0 spiro atoms. The minimum absolute atomic E-state index is 0.203. The molecule has 4 nitrogen and oxygen atoms in total. The highest BCUT2D eigenvalue weighted by atomic mass is 16.2. The highest BCUT2D eigenvalue weighted by Crippen LogP contribution is 2.45. The van der Waals surface area contributed by atoms with Crippen molar-refractivity contribution in [2.75, 3.05) is 5.32 Å². The molecule has 1 amide bonds. The lowest BCUT2D eigenvalue weighted by molar-refractivity contribution is -0.128. The normalized spacial score (nSPS) is 26.8. The highest BCUT2D eigenvalue weighted by molar-refractivity contribution is 5.97. The first-order valence-electron chi connectivity index (χ1n) is 5.70. The molecule has 0 bridgehead atoms. The Morgan fingerprint density at radius 3 is 2.82 bits per heavy atom. The van der Waals surface area contributed by atoms with Crippen LogP contribution in [-0.2, 0) is 4.79 Å². The van der Waals surface area contributed by atoms with Gasteiger partial charge < -0.3 is 5.32 Å². The quantitative estimate of drug-likeness (QED) is 0.846. The lowest BCUT2D eigenvalue weighted by Gasteiger charge is -2.39. The van der Waals surface area contributed by atoms with Gasteiger partial charge in [0.1, 0.15) is 5.41 Å². The van der Waals surface area contributed by atoms with Crippen molar-refractivity contribution in [1.82, 2.24) is 4.98 Å². The fourth-order valence-corrected chi connectivity index (χ4v) is 2.33. The molecule has 17 heavy (non-hydrogen) atoms. The lowest BCUT2D eigenvalue weighted by atomic mass is 9.63. The molecule has 0 unspecified atom stereocenters. The van der Waals surface area contributed by atoms with Crippen LogP contribution in [0.4, 0.5) is 5.69 Å². The third-order valence-electron chi connectivity index (χ3n) is 3.18. The van der Waals surface area contributed by atoms with Gasteiger partial charge in [-0.15, -0.1) is 0 Å². The van der Waals surface area contributed by atoms with Crippen LogP contribution in [0.2, 0.25) is 0 Å². The average Bonchev–Trinajstić information content (AvgIpc) is 2.24. The van der Waals surface area contributed by atoms with Gasteiger partial charge in [0, 0.05) is 6.20 Å². The molecular weight excluding hydrogens is 214 g/mol. The smallest absolute Gasteiger partial charge is 0.244 e. The van der Waals surface area contributed by atoms with Crippen molar-refractivity contribution in [3.63, 3.8) is 0 Å². The van der Waals surface area contributed by atoms with E-state index in [1.807, 2.05) is 13.0 Å². The second-order valence-corrected chi connectivity index (χ2v) is 4.91. The molecule has 1 saturated carbocycles. The zero-order valence-corrected chi connectivity index (χ0v) is 10.0. The predicted molar refractivity (Wildman–Crippen MR) is 64.0 cm³/mol. The molecule has 1 aromatic rings. The summed E-state index contributed by atoms with van der Waals surface area (Å²) in [5, 5.41) is 11.9. The summed E-state index contributed by atoms with van der Waals surface area (Å²) in [5.41, 5.74) is 0.809. The molecule has 4 heteroatoms. The molecule has 2 rings (SSSR count). The van der Waals surface area contributed by atoms with Crippen molar-refractivity contribution in [3.8, 4) is 6.07 Å². The van der Waals surface area contributed by atoms with Crippen LogP contribution in [0.25, 0.3) is 0 Å². The maximum atomic E-state index is 12.0. The third kappa shape index (κ3) is 2.14. The summed E-state index contributed by atoms with van der Waals surface area (Å²) in [6.07, 6.45) is 4.61. The van der Waals surface area contributed by atoms with E-state index >= 15 is 0 Å². The van der Waals surface area contributed by atoms with Crippen LogP contribution >= 0.6 is 0 Å². The maximum absolute atomic E-state index is 12.0. The molecule has 0 aliphatic heterocycles. The number of nitriles is 1. The van der Waals surface area contributed by atoms with Crippen LogP contribution < -0.4 is 5.32 Å². The molecule has 1 fully saturated rings. The molecular formula is C13H15N3O. The van der Waals surface area contributed by atoms with E-state index in [1.54, 1.807) is 12.4 Å². The van der Waals surface area contributed by atoms with Crippen molar-refractivity contribution in [3.05, 3.63) is 24.0 Å². The number of hydrogen-bond acceptors (Lipinski definition) is 3. The highest BCUT2D eigenvalue weighted by Gasteiger charge is 2.48. The summed E-state index contributed by atoms with van der Waals surface area (Å²) in [6, 6.07) is 3.99. The van der Waals surface area contributed by atoms with Gasteiger partial charge in [-0.2, -0.15) is 5.26 Å². The Bertz CT molecular complexity index is 484. The van der Waals surface area contributed by atoms with Gasteiger partial charge in [-0.25, -0.2) is 0 Å². The van der Waals surface area contributed by atoms with Crippen LogP contribution in [-0.4, -0.2) is 10.9 Å². The van der Waals surface area contributed by atoms with E-state index in [-0.39, 0.29) is 5.91 Å². The minimum Gasteiger partial charge on any atom is -0.323 e. The molecule has 1 aliphatic rings. The number of nitrogens with zero attached hydrogens (tertiary/aromatic N) is 2. The van der Waals surface area contributed by atoms with Gasteiger partial charge >= 0.3 is 0 Å². The number of rotatable bonds is 2.